The summed E-state index contributed by atoms with van der Waals surface area (Å²) in [6.45, 7) is 14.2. The minimum absolute atomic E-state index is 0.135. The van der Waals surface area contributed by atoms with Crippen LogP contribution in [0.25, 0.3) is 0 Å². The largest absolute Gasteiger partial charge is 0.743 e. The van der Waals surface area contributed by atoms with Crippen LogP contribution in [0.3, 0.4) is 0 Å². The van der Waals surface area contributed by atoms with Crippen molar-refractivity contribution in [3.8, 4) is 0 Å². The molecule has 0 aromatic carbocycles. The molecule has 0 saturated heterocycles. The van der Waals surface area contributed by atoms with Gasteiger partial charge in [0.15, 0.2) is 10.1 Å². The molecule has 0 saturated carbocycles. The molecule has 0 unspecified atom stereocenters. The van der Waals surface area contributed by atoms with Gasteiger partial charge in [-0.2, -0.15) is 48.3 Å². The Morgan fingerprint density at radius 2 is 0.917 bits per heavy atom. The van der Waals surface area contributed by atoms with Crippen molar-refractivity contribution in [1.29, 1.82) is 0 Å². The van der Waals surface area contributed by atoms with Gasteiger partial charge in [0.2, 0.25) is 0 Å². The second kappa shape index (κ2) is 13.8. The lowest BCUT2D eigenvalue weighted by Crippen LogP contribution is -2.64. The van der Waals surface area contributed by atoms with Gasteiger partial charge in [-0.15, -0.1) is 0 Å². The first-order chi connectivity index (χ1) is 15.9. The van der Waals surface area contributed by atoms with Crippen LogP contribution in [-0.2, 0) is 10.1 Å². The van der Waals surface area contributed by atoms with Crippen molar-refractivity contribution in [2.75, 3.05) is 26.2 Å². The summed E-state index contributed by atoms with van der Waals surface area (Å²) >= 11 is 0. The van der Waals surface area contributed by atoms with Gasteiger partial charge in [-0.3, -0.25) is 0 Å². The predicted molar refractivity (Wildman–Crippen MR) is 110 cm³/mol. The maximum Gasteiger partial charge on any atom is 0.402 e. The molecule has 4 nitrogen and oxygen atoms in total. The predicted octanol–water partition coefficient (Wildman–Crippen LogP) is 7.21. The number of nitrogens with zero attached hydrogens (tertiary/aromatic N) is 1. The summed E-state index contributed by atoms with van der Waals surface area (Å²) < 4.78 is 172. The molecule has 0 aromatic heterocycles. The molecule has 16 heteroatoms. The van der Waals surface area contributed by atoms with Gasteiger partial charge >= 0.3 is 29.2 Å². The molecule has 0 bridgehead atoms. The van der Waals surface area contributed by atoms with Crippen molar-refractivity contribution in [1.82, 2.24) is 0 Å². The first-order valence-electron chi connectivity index (χ1n) is 11.3. The maximum atomic E-state index is 13.3. The summed E-state index contributed by atoms with van der Waals surface area (Å²) in [5, 5.41) is -7.00. The third-order valence-corrected chi connectivity index (χ3v) is 7.05. The summed E-state index contributed by atoms with van der Waals surface area (Å²) in [6.07, 6.45) is -9.72. The molecule has 0 aromatic rings. The fourth-order valence-electron chi connectivity index (χ4n) is 3.27. The molecular formula is C20H34F11NO3S. The van der Waals surface area contributed by atoms with Crippen LogP contribution < -0.4 is 0 Å². The second-order valence-corrected chi connectivity index (χ2v) is 9.73. The van der Waals surface area contributed by atoms with E-state index in [0.717, 1.165) is 0 Å². The van der Waals surface area contributed by atoms with Gasteiger partial charge in [-0.1, -0.05) is 19.3 Å². The van der Waals surface area contributed by atoms with Crippen molar-refractivity contribution < 1.29 is 65.7 Å². The zero-order valence-electron chi connectivity index (χ0n) is 20.5. The molecule has 0 fully saturated rings. The highest BCUT2D eigenvalue weighted by molar-refractivity contribution is 7.86. The summed E-state index contributed by atoms with van der Waals surface area (Å²) in [5.41, 5.74) is 0. The molecule has 0 spiro atoms. The van der Waals surface area contributed by atoms with E-state index in [1.165, 1.54) is 30.7 Å². The van der Waals surface area contributed by atoms with Crippen molar-refractivity contribution in [3.05, 3.63) is 0 Å². The van der Waals surface area contributed by atoms with E-state index in [2.05, 4.69) is 27.7 Å². The Kier molecular flexibility index (Phi) is 14.2. The Morgan fingerprint density at radius 3 is 1.19 bits per heavy atom. The minimum atomic E-state index is -7.39. The molecular weight excluding hydrogens is 543 g/mol. The van der Waals surface area contributed by atoms with Crippen molar-refractivity contribution in [2.45, 2.75) is 102 Å². The van der Waals surface area contributed by atoms with Gasteiger partial charge in [0.1, 0.15) is 0 Å². The fraction of sp³-hybridized carbons (Fsp3) is 1.00. The Balaban J connectivity index is 0. The first kappa shape index (κ1) is 37.3. The highest BCUT2D eigenvalue weighted by Crippen LogP contribution is 2.55. The Hall–Kier alpha value is -0.900. The molecule has 0 atom stereocenters. The number of quaternary nitrogens is 1. The Labute approximate surface area is 204 Å². The molecule has 0 N–H and O–H groups in total. The van der Waals surface area contributed by atoms with Crippen molar-refractivity contribution in [2.24, 2.45) is 0 Å². The van der Waals surface area contributed by atoms with Gasteiger partial charge < -0.3 is 9.04 Å². The van der Waals surface area contributed by atoms with E-state index < -0.39 is 65.0 Å². The average molecular weight is 578 g/mol. The lowest BCUT2D eigenvalue weighted by atomic mass is 9.98. The van der Waals surface area contributed by atoms with E-state index in [0.29, 0.717) is 0 Å². The molecule has 0 aliphatic heterocycles. The van der Waals surface area contributed by atoms with Gasteiger partial charge in [0, 0.05) is 12.8 Å². The maximum absolute atomic E-state index is 13.3. The number of hydrogen-bond acceptors (Lipinski definition) is 3. The van der Waals surface area contributed by atoms with Crippen LogP contribution in [0.4, 0.5) is 48.3 Å². The monoisotopic (exact) mass is 577 g/mol. The van der Waals surface area contributed by atoms with Crippen LogP contribution in [-0.4, -0.2) is 72.8 Å². The number of unbranched alkanes of at least 4 members (excludes halogenated alkanes) is 4. The number of rotatable bonds is 15. The third-order valence-electron chi connectivity index (χ3n) is 6.17. The fourth-order valence-corrected chi connectivity index (χ4v) is 3.71. The lowest BCUT2D eigenvalue weighted by molar-refractivity contribution is -0.921. The molecule has 0 rings (SSSR count). The van der Waals surface area contributed by atoms with E-state index in [1.807, 2.05) is 0 Å². The topological polar surface area (TPSA) is 57.2 Å². The summed E-state index contributed by atoms with van der Waals surface area (Å²) in [4.78, 5) is 0. The summed E-state index contributed by atoms with van der Waals surface area (Å²) in [5.74, 6) is -19.9. The van der Waals surface area contributed by atoms with Crippen LogP contribution in [0.2, 0.25) is 0 Å². The third kappa shape index (κ3) is 9.76. The van der Waals surface area contributed by atoms with Crippen LogP contribution in [0.5, 0.6) is 0 Å². The van der Waals surface area contributed by atoms with Crippen LogP contribution in [0.1, 0.15) is 72.6 Å². The van der Waals surface area contributed by atoms with Crippen molar-refractivity contribution in [3.63, 3.8) is 0 Å². The Bertz CT molecular complexity index is 720. The van der Waals surface area contributed by atoms with Gasteiger partial charge in [-0.25, -0.2) is 8.42 Å². The number of halogens is 11. The number of alkyl halides is 11. The van der Waals surface area contributed by atoms with Gasteiger partial charge in [0.25, 0.3) is 0 Å². The lowest BCUT2D eigenvalue weighted by Gasteiger charge is -2.37. The number of hydrogen-bond donors (Lipinski definition) is 0. The zero-order chi connectivity index (χ0) is 29.3. The highest BCUT2D eigenvalue weighted by Gasteiger charge is 2.82. The van der Waals surface area contributed by atoms with Crippen LogP contribution in [0.15, 0.2) is 0 Å². The van der Waals surface area contributed by atoms with E-state index in [4.69, 9.17) is 0 Å². The van der Waals surface area contributed by atoms with Crippen LogP contribution in [0, 0.1) is 0 Å². The molecule has 0 heterocycles. The molecule has 0 radical (unpaired) electrons. The van der Waals surface area contributed by atoms with Crippen molar-refractivity contribution >= 4 is 10.1 Å². The van der Waals surface area contributed by atoms with Gasteiger partial charge in [0.05, 0.1) is 26.2 Å². The summed E-state index contributed by atoms with van der Waals surface area (Å²) in [7, 11) is -7.39. The summed E-state index contributed by atoms with van der Waals surface area (Å²) in [6, 6.07) is 0. The van der Waals surface area contributed by atoms with E-state index in [-0.39, 0.29) is 19.3 Å². The van der Waals surface area contributed by atoms with Crippen LogP contribution >= 0.6 is 0 Å². The zero-order valence-corrected chi connectivity index (χ0v) is 21.3. The average Bonchev–Trinajstić information content (AvgIpc) is 2.73. The molecule has 36 heavy (non-hydrogen) atoms. The molecule has 0 aliphatic rings. The van der Waals surface area contributed by atoms with Gasteiger partial charge in [-0.05, 0) is 40.5 Å². The quantitative estimate of drug-likeness (QED) is 0.0895. The second-order valence-electron chi connectivity index (χ2n) is 8.31. The normalized spacial score (nSPS) is 14.4. The standard InChI is InChI=1S/C12H15F11O3S.C8H20N/c13-8(14,6-4-2-1-3-5-7-9(15,16)17)10(18,19)11(20,21)12(22,23)27(24,25)26;1-5-9(6-2,7-3)8-4/h1-7H2,(H,24,25,26);5-8H2,1-4H3/q;+1/p-1. The van der Waals surface area contributed by atoms with E-state index in [9.17, 15) is 61.3 Å². The van der Waals surface area contributed by atoms with E-state index in [1.54, 1.807) is 0 Å². The highest BCUT2D eigenvalue weighted by atomic mass is 32.2. The molecule has 0 aliphatic carbocycles. The molecule has 0 amide bonds. The Morgan fingerprint density at radius 1 is 0.583 bits per heavy atom. The minimum Gasteiger partial charge on any atom is -0.743 e. The first-order valence-corrected chi connectivity index (χ1v) is 12.7. The molecule has 220 valence electrons. The SMILES string of the molecule is CC[N+](CC)(CC)CC.O=S(=O)([O-])C(F)(F)C(F)(F)C(F)(F)C(F)(F)CCCCCCCC(F)(F)F. The van der Waals surface area contributed by atoms with E-state index >= 15 is 0 Å². The smallest absolute Gasteiger partial charge is 0.402 e.